The van der Waals surface area contributed by atoms with E-state index in [9.17, 15) is 9.59 Å². The summed E-state index contributed by atoms with van der Waals surface area (Å²) in [4.78, 5) is 21.3. The Kier molecular flexibility index (Phi) is 4.46. The van der Waals surface area contributed by atoms with Crippen LogP contribution in [-0.4, -0.2) is 25.2 Å². The van der Waals surface area contributed by atoms with Gasteiger partial charge < -0.3 is 9.47 Å². The predicted octanol–water partition coefficient (Wildman–Crippen LogP) is 0.00478. The quantitative estimate of drug-likeness (QED) is 0.559. The predicted molar refractivity (Wildman–Crippen MR) is 37.8 cm³/mol. The molecule has 0 aliphatic carbocycles. The Morgan fingerprint density at radius 1 is 1.58 bits per heavy atom. The molecule has 0 N–H and O–H groups in total. The number of esters is 2. The first-order chi connectivity index (χ1) is 5.61. The van der Waals surface area contributed by atoms with Crippen molar-refractivity contribution in [3.05, 3.63) is 0 Å². The molecule has 1 unspecified atom stereocenters. The van der Waals surface area contributed by atoms with Crippen molar-refractivity contribution in [1.82, 2.24) is 0 Å². The van der Waals surface area contributed by atoms with Crippen LogP contribution >= 0.6 is 0 Å². The maximum absolute atomic E-state index is 10.7. The minimum Gasteiger partial charge on any atom is -0.466 e. The van der Waals surface area contributed by atoms with Crippen LogP contribution in [0.15, 0.2) is 0 Å². The van der Waals surface area contributed by atoms with Gasteiger partial charge in [-0.25, -0.2) is 4.79 Å². The Morgan fingerprint density at radius 2 is 2.17 bits per heavy atom. The van der Waals surface area contributed by atoms with Crippen LogP contribution in [-0.2, 0) is 19.1 Å². The molecule has 0 rings (SSSR count). The molecular formula is C7H9NO4. The fraction of sp³-hybridized carbons (Fsp3) is 0.571. The summed E-state index contributed by atoms with van der Waals surface area (Å²) in [5, 5.41) is 8.08. The lowest BCUT2D eigenvalue weighted by molar-refractivity contribution is -0.164. The lowest BCUT2D eigenvalue weighted by Crippen LogP contribution is -2.24. The molecule has 0 radical (unpaired) electrons. The summed E-state index contributed by atoms with van der Waals surface area (Å²) in [6, 6.07) is 1.60. The SMILES string of the molecule is COC(=O)C(C)OC(=O)CC#N. The van der Waals surface area contributed by atoms with Crippen molar-refractivity contribution >= 4 is 11.9 Å². The molecule has 0 amide bonds. The number of hydrogen-bond acceptors (Lipinski definition) is 5. The van der Waals surface area contributed by atoms with Gasteiger partial charge in [0.05, 0.1) is 13.2 Å². The van der Waals surface area contributed by atoms with E-state index < -0.39 is 18.0 Å². The summed E-state index contributed by atoms with van der Waals surface area (Å²) in [6.07, 6.45) is -1.31. The largest absolute Gasteiger partial charge is 0.466 e. The number of ether oxygens (including phenoxy) is 2. The molecule has 0 saturated carbocycles. The average molecular weight is 171 g/mol. The van der Waals surface area contributed by atoms with Gasteiger partial charge in [0.25, 0.3) is 0 Å². The number of nitriles is 1. The van der Waals surface area contributed by atoms with Crippen LogP contribution in [0.25, 0.3) is 0 Å². The fourth-order valence-electron chi connectivity index (χ4n) is 0.517. The maximum atomic E-state index is 10.7. The van der Waals surface area contributed by atoms with Gasteiger partial charge in [-0.2, -0.15) is 5.26 Å². The number of nitrogens with zero attached hydrogens (tertiary/aromatic N) is 1. The highest BCUT2D eigenvalue weighted by Gasteiger charge is 2.17. The zero-order valence-corrected chi connectivity index (χ0v) is 6.86. The summed E-state index contributed by atoms with van der Waals surface area (Å²) in [5.74, 6) is -1.36. The Hall–Kier alpha value is -1.57. The van der Waals surface area contributed by atoms with Gasteiger partial charge in [0, 0.05) is 0 Å². The lowest BCUT2D eigenvalue weighted by Gasteiger charge is -2.08. The summed E-state index contributed by atoms with van der Waals surface area (Å²) >= 11 is 0. The molecule has 0 saturated heterocycles. The first-order valence-electron chi connectivity index (χ1n) is 3.26. The van der Waals surface area contributed by atoms with E-state index in [0.717, 1.165) is 0 Å². The standard InChI is InChI=1S/C7H9NO4/c1-5(7(10)11-2)12-6(9)3-4-8/h5H,3H2,1-2H3. The normalized spacial score (nSPS) is 11.1. The number of carbonyl (C=O) groups is 2. The average Bonchev–Trinajstić information content (AvgIpc) is 2.03. The second-order valence-electron chi connectivity index (χ2n) is 1.99. The third-order valence-corrected chi connectivity index (χ3v) is 1.06. The Balaban J connectivity index is 3.85. The van der Waals surface area contributed by atoms with E-state index in [2.05, 4.69) is 9.47 Å². The van der Waals surface area contributed by atoms with E-state index in [1.165, 1.54) is 14.0 Å². The number of hydrogen-bond donors (Lipinski definition) is 0. The minimum absolute atomic E-state index is 0.360. The van der Waals surface area contributed by atoms with Crippen LogP contribution in [0.3, 0.4) is 0 Å². The van der Waals surface area contributed by atoms with Crippen molar-refractivity contribution in [2.45, 2.75) is 19.4 Å². The molecule has 0 aromatic carbocycles. The van der Waals surface area contributed by atoms with E-state index in [1.54, 1.807) is 6.07 Å². The van der Waals surface area contributed by atoms with Gasteiger partial charge in [-0.15, -0.1) is 0 Å². The van der Waals surface area contributed by atoms with E-state index in [4.69, 9.17) is 5.26 Å². The molecule has 66 valence electrons. The molecule has 12 heavy (non-hydrogen) atoms. The monoisotopic (exact) mass is 171 g/mol. The van der Waals surface area contributed by atoms with Crippen LogP contribution in [0.2, 0.25) is 0 Å². The van der Waals surface area contributed by atoms with Crippen molar-refractivity contribution < 1.29 is 19.1 Å². The van der Waals surface area contributed by atoms with Crippen molar-refractivity contribution in [3.63, 3.8) is 0 Å². The molecule has 0 bridgehead atoms. The molecule has 0 fully saturated rings. The molecule has 0 heterocycles. The van der Waals surface area contributed by atoms with Crippen LogP contribution in [0, 0.1) is 11.3 Å². The van der Waals surface area contributed by atoms with E-state index in [1.807, 2.05) is 0 Å². The summed E-state index contributed by atoms with van der Waals surface area (Å²) in [7, 11) is 1.19. The van der Waals surface area contributed by atoms with E-state index in [-0.39, 0.29) is 6.42 Å². The van der Waals surface area contributed by atoms with Crippen LogP contribution in [0.4, 0.5) is 0 Å². The second-order valence-corrected chi connectivity index (χ2v) is 1.99. The molecule has 0 spiro atoms. The van der Waals surface area contributed by atoms with Gasteiger partial charge in [-0.3, -0.25) is 4.79 Å². The van der Waals surface area contributed by atoms with Crippen LogP contribution in [0.1, 0.15) is 13.3 Å². The molecule has 5 heteroatoms. The Bertz CT molecular complexity index is 218. The van der Waals surface area contributed by atoms with Crippen LogP contribution in [0.5, 0.6) is 0 Å². The van der Waals surface area contributed by atoms with Gasteiger partial charge >= 0.3 is 11.9 Å². The zero-order chi connectivity index (χ0) is 9.56. The maximum Gasteiger partial charge on any atom is 0.346 e. The van der Waals surface area contributed by atoms with Gasteiger partial charge in [0.1, 0.15) is 6.42 Å². The third kappa shape index (κ3) is 3.56. The fourth-order valence-corrected chi connectivity index (χ4v) is 0.517. The zero-order valence-electron chi connectivity index (χ0n) is 6.86. The Labute approximate surface area is 69.9 Å². The van der Waals surface area contributed by atoms with E-state index in [0.29, 0.717) is 0 Å². The van der Waals surface area contributed by atoms with E-state index >= 15 is 0 Å². The van der Waals surface area contributed by atoms with Gasteiger partial charge in [-0.1, -0.05) is 0 Å². The van der Waals surface area contributed by atoms with Crippen molar-refractivity contribution in [1.29, 1.82) is 5.26 Å². The van der Waals surface area contributed by atoms with Crippen molar-refractivity contribution in [3.8, 4) is 6.07 Å². The topological polar surface area (TPSA) is 76.4 Å². The van der Waals surface area contributed by atoms with Gasteiger partial charge in [-0.05, 0) is 6.92 Å². The summed E-state index contributed by atoms with van der Waals surface area (Å²) in [5.41, 5.74) is 0. The smallest absolute Gasteiger partial charge is 0.346 e. The van der Waals surface area contributed by atoms with Crippen molar-refractivity contribution in [2.24, 2.45) is 0 Å². The molecule has 0 aromatic heterocycles. The third-order valence-electron chi connectivity index (χ3n) is 1.06. The molecule has 5 nitrogen and oxygen atoms in total. The van der Waals surface area contributed by atoms with Gasteiger partial charge in [0.15, 0.2) is 6.10 Å². The highest BCUT2D eigenvalue weighted by Crippen LogP contribution is 1.95. The molecule has 0 aliphatic rings. The Morgan fingerprint density at radius 3 is 2.58 bits per heavy atom. The minimum atomic E-state index is -0.948. The first kappa shape index (κ1) is 10.4. The molecule has 0 aliphatic heterocycles. The molecule has 1 atom stereocenters. The first-order valence-corrected chi connectivity index (χ1v) is 3.26. The number of carbonyl (C=O) groups excluding carboxylic acids is 2. The van der Waals surface area contributed by atoms with Crippen molar-refractivity contribution in [2.75, 3.05) is 7.11 Å². The molecule has 0 aromatic rings. The van der Waals surface area contributed by atoms with Gasteiger partial charge in [0.2, 0.25) is 0 Å². The summed E-state index contributed by atoms with van der Waals surface area (Å²) in [6.45, 7) is 1.38. The highest BCUT2D eigenvalue weighted by atomic mass is 16.6. The lowest BCUT2D eigenvalue weighted by atomic mass is 10.4. The second kappa shape index (κ2) is 5.13. The molecular weight excluding hydrogens is 162 g/mol. The number of rotatable bonds is 3. The highest BCUT2D eigenvalue weighted by molar-refractivity contribution is 5.79. The number of methoxy groups -OCH3 is 1. The van der Waals surface area contributed by atoms with Crippen LogP contribution < -0.4 is 0 Å². The summed E-state index contributed by atoms with van der Waals surface area (Å²) < 4.78 is 8.80.